The van der Waals surface area contributed by atoms with E-state index in [1.165, 1.54) is 0 Å². The van der Waals surface area contributed by atoms with Gasteiger partial charge in [-0.05, 0) is 53.1 Å². The normalized spacial score (nSPS) is 21.0. The fourth-order valence-electron chi connectivity index (χ4n) is 3.17. The summed E-state index contributed by atoms with van der Waals surface area (Å²) in [6.07, 6.45) is 2.09. The number of nitrogens with one attached hydrogen (secondary N) is 2. The molecule has 0 aliphatic carbocycles. The van der Waals surface area contributed by atoms with Crippen molar-refractivity contribution in [2.45, 2.75) is 52.6 Å². The number of hydrogen-bond donors (Lipinski definition) is 2. The van der Waals surface area contributed by atoms with Crippen molar-refractivity contribution >= 4 is 24.0 Å². The summed E-state index contributed by atoms with van der Waals surface area (Å²) in [5, 5.41) is 11.0. The summed E-state index contributed by atoms with van der Waals surface area (Å²) in [6, 6.07) is 2.41. The molecule has 2 aromatic heterocycles. The van der Waals surface area contributed by atoms with Crippen LogP contribution in [-0.4, -0.2) is 39.1 Å². The lowest BCUT2D eigenvalue weighted by atomic mass is 9.99. The molecule has 0 saturated carbocycles. The Labute approximate surface area is 142 Å². The van der Waals surface area contributed by atoms with E-state index in [0.717, 1.165) is 36.5 Å². The Bertz CT molecular complexity index is 727. The van der Waals surface area contributed by atoms with E-state index < -0.39 is 0 Å². The zero-order valence-electron chi connectivity index (χ0n) is 14.0. The van der Waals surface area contributed by atoms with Crippen molar-refractivity contribution in [1.82, 2.24) is 25.2 Å². The summed E-state index contributed by atoms with van der Waals surface area (Å²) in [6.45, 7) is 8.90. The third-order valence-corrected chi connectivity index (χ3v) is 4.38. The predicted octanol–water partition coefficient (Wildman–Crippen LogP) is 1.95. The highest BCUT2D eigenvalue weighted by Crippen LogP contribution is 2.17. The Balaban J connectivity index is 0.00000192. The highest BCUT2D eigenvalue weighted by molar-refractivity contribution is 6.01. The van der Waals surface area contributed by atoms with Crippen LogP contribution in [-0.2, 0) is 0 Å². The van der Waals surface area contributed by atoms with Gasteiger partial charge in [-0.1, -0.05) is 0 Å². The molecule has 1 amide bonds. The molecule has 0 aromatic carbocycles. The molecule has 6 nitrogen and oxygen atoms in total. The molecule has 0 bridgehead atoms. The molecule has 1 aliphatic heterocycles. The minimum atomic E-state index is -0.0782. The number of carbonyl (C=O) groups excluding carboxylic acids is 1. The number of aryl methyl sites for hydroxylation is 3. The number of amides is 1. The number of carbonyl (C=O) groups is 1. The summed E-state index contributed by atoms with van der Waals surface area (Å²) in [5.41, 5.74) is 3.83. The van der Waals surface area contributed by atoms with E-state index in [1.54, 1.807) is 4.52 Å². The van der Waals surface area contributed by atoms with E-state index in [-0.39, 0.29) is 30.4 Å². The number of piperidine rings is 1. The predicted molar refractivity (Wildman–Crippen MR) is 92.4 cm³/mol. The van der Waals surface area contributed by atoms with Gasteiger partial charge in [-0.3, -0.25) is 4.79 Å². The zero-order chi connectivity index (χ0) is 15.9. The monoisotopic (exact) mass is 337 g/mol. The van der Waals surface area contributed by atoms with Gasteiger partial charge in [0.1, 0.15) is 5.56 Å². The van der Waals surface area contributed by atoms with Crippen LogP contribution in [0.2, 0.25) is 0 Å². The molecule has 2 atom stereocenters. The molecule has 126 valence electrons. The average molecular weight is 338 g/mol. The van der Waals surface area contributed by atoms with Crippen molar-refractivity contribution < 1.29 is 4.79 Å². The van der Waals surface area contributed by atoms with Gasteiger partial charge in [0.05, 0.1) is 5.69 Å². The molecular weight excluding hydrogens is 314 g/mol. The van der Waals surface area contributed by atoms with Gasteiger partial charge in [-0.2, -0.15) is 5.10 Å². The minimum absolute atomic E-state index is 0. The second-order valence-electron chi connectivity index (χ2n) is 6.20. The molecule has 3 rings (SSSR count). The number of halogens is 1. The summed E-state index contributed by atoms with van der Waals surface area (Å²) in [5.74, 6) is -0.0782. The summed E-state index contributed by atoms with van der Waals surface area (Å²) >= 11 is 0. The van der Waals surface area contributed by atoms with Crippen LogP contribution >= 0.6 is 12.4 Å². The van der Waals surface area contributed by atoms with Crippen LogP contribution in [0.1, 0.15) is 47.2 Å². The molecule has 1 fully saturated rings. The zero-order valence-corrected chi connectivity index (χ0v) is 14.8. The SMILES string of the molecule is Cc1cc(C)n2nc(C)c(C(=O)NC3CCCNC3C)c2n1.Cl. The smallest absolute Gasteiger partial charge is 0.257 e. The van der Waals surface area contributed by atoms with Crippen molar-refractivity contribution in [2.24, 2.45) is 0 Å². The van der Waals surface area contributed by atoms with Crippen molar-refractivity contribution in [3.63, 3.8) is 0 Å². The molecule has 7 heteroatoms. The summed E-state index contributed by atoms with van der Waals surface area (Å²) in [4.78, 5) is 17.3. The van der Waals surface area contributed by atoms with Crippen molar-refractivity contribution in [3.05, 3.63) is 28.7 Å². The van der Waals surface area contributed by atoms with Crippen LogP contribution in [0.3, 0.4) is 0 Å². The quantitative estimate of drug-likeness (QED) is 0.878. The number of hydrogen-bond acceptors (Lipinski definition) is 4. The van der Waals surface area contributed by atoms with Gasteiger partial charge < -0.3 is 10.6 Å². The molecular formula is C16H24ClN5O. The number of aromatic nitrogens is 3. The Morgan fingerprint density at radius 1 is 1.39 bits per heavy atom. The van der Waals surface area contributed by atoms with Crippen LogP contribution < -0.4 is 10.6 Å². The number of fused-ring (bicyclic) bond motifs is 1. The standard InChI is InChI=1S/C16H23N5O.ClH/c1-9-8-10(2)21-15(18-9)14(12(4)20-21)16(22)19-13-6-5-7-17-11(13)3;/h8,11,13,17H,5-7H2,1-4H3,(H,19,22);1H. The first-order chi connectivity index (χ1) is 10.5. The maximum absolute atomic E-state index is 12.7. The lowest BCUT2D eigenvalue weighted by Gasteiger charge is -2.30. The van der Waals surface area contributed by atoms with E-state index in [1.807, 2.05) is 26.8 Å². The van der Waals surface area contributed by atoms with Gasteiger partial charge in [0, 0.05) is 23.5 Å². The topological polar surface area (TPSA) is 71.3 Å². The molecule has 1 aliphatic rings. The summed E-state index contributed by atoms with van der Waals surface area (Å²) < 4.78 is 1.75. The Hall–Kier alpha value is -1.66. The molecule has 0 radical (unpaired) electrons. The maximum Gasteiger partial charge on any atom is 0.257 e. The van der Waals surface area contributed by atoms with Gasteiger partial charge in [-0.25, -0.2) is 9.50 Å². The molecule has 2 aromatic rings. The second kappa shape index (κ2) is 6.84. The molecule has 23 heavy (non-hydrogen) atoms. The summed E-state index contributed by atoms with van der Waals surface area (Å²) in [7, 11) is 0. The first-order valence-electron chi connectivity index (χ1n) is 7.85. The lowest BCUT2D eigenvalue weighted by molar-refractivity contribution is 0.0920. The fraction of sp³-hybridized carbons (Fsp3) is 0.562. The van der Waals surface area contributed by atoms with E-state index in [0.29, 0.717) is 11.2 Å². The Kier molecular flexibility index (Phi) is 5.26. The fourth-order valence-corrected chi connectivity index (χ4v) is 3.17. The van der Waals surface area contributed by atoms with Crippen LogP contribution in [0.4, 0.5) is 0 Å². The van der Waals surface area contributed by atoms with Crippen molar-refractivity contribution in [3.8, 4) is 0 Å². The second-order valence-corrected chi connectivity index (χ2v) is 6.20. The van der Waals surface area contributed by atoms with Gasteiger partial charge in [0.15, 0.2) is 5.65 Å². The van der Waals surface area contributed by atoms with Crippen LogP contribution in [0.15, 0.2) is 6.07 Å². The van der Waals surface area contributed by atoms with Crippen LogP contribution in [0.25, 0.3) is 5.65 Å². The molecule has 0 spiro atoms. The van der Waals surface area contributed by atoms with Gasteiger partial charge in [-0.15, -0.1) is 12.4 Å². The van der Waals surface area contributed by atoms with Gasteiger partial charge >= 0.3 is 0 Å². The average Bonchev–Trinajstić information content (AvgIpc) is 2.78. The third-order valence-electron chi connectivity index (χ3n) is 4.38. The molecule has 2 unspecified atom stereocenters. The lowest BCUT2D eigenvalue weighted by Crippen LogP contribution is -2.52. The molecule has 3 heterocycles. The maximum atomic E-state index is 12.7. The van der Waals surface area contributed by atoms with Crippen LogP contribution in [0.5, 0.6) is 0 Å². The van der Waals surface area contributed by atoms with Crippen LogP contribution in [0, 0.1) is 20.8 Å². The number of nitrogens with zero attached hydrogens (tertiary/aromatic N) is 3. The van der Waals surface area contributed by atoms with E-state index in [4.69, 9.17) is 0 Å². The largest absolute Gasteiger partial charge is 0.348 e. The number of rotatable bonds is 2. The van der Waals surface area contributed by atoms with E-state index >= 15 is 0 Å². The highest BCUT2D eigenvalue weighted by atomic mass is 35.5. The van der Waals surface area contributed by atoms with Crippen molar-refractivity contribution in [1.29, 1.82) is 0 Å². The van der Waals surface area contributed by atoms with Gasteiger partial charge in [0.2, 0.25) is 0 Å². The van der Waals surface area contributed by atoms with Gasteiger partial charge in [0.25, 0.3) is 5.91 Å². The first-order valence-corrected chi connectivity index (χ1v) is 7.85. The molecule has 2 N–H and O–H groups in total. The minimum Gasteiger partial charge on any atom is -0.348 e. The first kappa shape index (κ1) is 17.7. The Morgan fingerprint density at radius 2 is 2.13 bits per heavy atom. The van der Waals surface area contributed by atoms with Crippen molar-refractivity contribution in [2.75, 3.05) is 6.54 Å². The van der Waals surface area contributed by atoms with E-state index in [2.05, 4.69) is 27.6 Å². The highest BCUT2D eigenvalue weighted by Gasteiger charge is 2.26. The van der Waals surface area contributed by atoms with E-state index in [9.17, 15) is 4.79 Å². The third kappa shape index (κ3) is 3.33. The molecule has 1 saturated heterocycles. The Morgan fingerprint density at radius 3 is 2.83 bits per heavy atom.